The average Bonchev–Trinajstić information content (AvgIpc) is 3.14. The van der Waals surface area contributed by atoms with Gasteiger partial charge in [0.1, 0.15) is 4.88 Å². The molecule has 0 saturated heterocycles. The summed E-state index contributed by atoms with van der Waals surface area (Å²) in [5, 5.41) is 4.21. The molecule has 1 heterocycles. The molecule has 0 saturated carbocycles. The van der Waals surface area contributed by atoms with E-state index >= 15 is 0 Å². The van der Waals surface area contributed by atoms with E-state index in [2.05, 4.69) is 12.2 Å². The van der Waals surface area contributed by atoms with Crippen molar-refractivity contribution in [1.29, 1.82) is 0 Å². The van der Waals surface area contributed by atoms with Crippen molar-refractivity contribution in [2.24, 2.45) is 5.92 Å². The molecule has 10 heteroatoms. The van der Waals surface area contributed by atoms with Crippen molar-refractivity contribution in [2.75, 3.05) is 18.5 Å². The van der Waals surface area contributed by atoms with E-state index in [1.807, 2.05) is 5.32 Å². The molecule has 0 spiro atoms. The van der Waals surface area contributed by atoms with Crippen molar-refractivity contribution < 1.29 is 32.3 Å². The van der Waals surface area contributed by atoms with Gasteiger partial charge in [-0.2, -0.15) is 0 Å². The third-order valence-corrected chi connectivity index (χ3v) is 5.84. The highest BCUT2D eigenvalue weighted by molar-refractivity contribution is 7.14. The Morgan fingerprint density at radius 1 is 1.17 bits per heavy atom. The first-order valence-corrected chi connectivity index (χ1v) is 10.0. The molecular weight excluding hydrogens is 421 g/mol. The minimum absolute atomic E-state index is 0.424. The quantitative estimate of drug-likeness (QED) is 0.534. The van der Waals surface area contributed by atoms with Crippen LogP contribution in [-0.2, 0) is 27.2 Å². The van der Waals surface area contributed by atoms with E-state index < -0.39 is 54.1 Å². The number of rotatable bonds is 6. The lowest BCUT2D eigenvalue weighted by Crippen LogP contribution is -2.35. The zero-order valence-corrected chi connectivity index (χ0v) is 16.8. The van der Waals surface area contributed by atoms with E-state index in [0.29, 0.717) is 16.9 Å². The number of nitrogens with one attached hydrogen (secondary N) is 2. The van der Waals surface area contributed by atoms with Crippen LogP contribution in [-0.4, -0.2) is 30.9 Å². The monoisotopic (exact) mass is 440 g/mol. The number of thiophene rings is 1. The van der Waals surface area contributed by atoms with Gasteiger partial charge in [0, 0.05) is 4.88 Å². The summed E-state index contributed by atoms with van der Waals surface area (Å²) in [4.78, 5) is 37.3. The summed E-state index contributed by atoms with van der Waals surface area (Å²) in [6.45, 7) is 0.991. The maximum absolute atomic E-state index is 13.5. The van der Waals surface area contributed by atoms with Crippen molar-refractivity contribution in [3.63, 3.8) is 0 Å². The number of hydrogen-bond donors (Lipinski definition) is 2. The van der Waals surface area contributed by atoms with Crippen LogP contribution in [0.15, 0.2) is 18.2 Å². The topological polar surface area (TPSA) is 84.5 Å². The molecule has 0 radical (unpaired) electrons. The van der Waals surface area contributed by atoms with Gasteiger partial charge in [-0.3, -0.25) is 9.59 Å². The Hall–Kier alpha value is -2.88. The van der Waals surface area contributed by atoms with Crippen LogP contribution in [0.2, 0.25) is 0 Å². The lowest BCUT2D eigenvalue weighted by Gasteiger charge is -2.16. The van der Waals surface area contributed by atoms with Gasteiger partial charge < -0.3 is 15.4 Å². The van der Waals surface area contributed by atoms with Crippen LogP contribution in [0.3, 0.4) is 0 Å². The van der Waals surface area contributed by atoms with Gasteiger partial charge in [0.05, 0.1) is 12.2 Å². The number of ether oxygens (including phenoxy) is 1. The molecule has 2 amide bonds. The zero-order chi connectivity index (χ0) is 21.8. The van der Waals surface area contributed by atoms with Gasteiger partial charge in [0.2, 0.25) is 5.91 Å². The molecule has 0 fully saturated rings. The Bertz CT molecular complexity index is 993. The molecular formula is C20H19F3N2O4S. The highest BCUT2D eigenvalue weighted by Crippen LogP contribution is 2.32. The van der Waals surface area contributed by atoms with Crippen LogP contribution in [0.1, 0.15) is 33.5 Å². The first-order valence-electron chi connectivity index (χ1n) is 9.23. The second-order valence-corrected chi connectivity index (χ2v) is 8.17. The molecule has 1 aromatic heterocycles. The van der Waals surface area contributed by atoms with Crippen LogP contribution in [0, 0.1) is 23.4 Å². The van der Waals surface area contributed by atoms with Crippen molar-refractivity contribution in [1.82, 2.24) is 5.32 Å². The van der Waals surface area contributed by atoms with Crippen molar-refractivity contribution in [2.45, 2.75) is 26.2 Å². The van der Waals surface area contributed by atoms with Gasteiger partial charge in [-0.15, -0.1) is 11.3 Å². The zero-order valence-electron chi connectivity index (χ0n) is 16.0. The number of amides is 2. The molecule has 160 valence electrons. The van der Waals surface area contributed by atoms with Crippen molar-refractivity contribution >= 4 is 34.8 Å². The summed E-state index contributed by atoms with van der Waals surface area (Å²) in [5.74, 6) is -6.30. The smallest absolute Gasteiger partial charge is 0.348 e. The molecule has 0 unspecified atom stereocenters. The highest BCUT2D eigenvalue weighted by Gasteiger charge is 2.22. The van der Waals surface area contributed by atoms with Gasteiger partial charge in [0.25, 0.3) is 5.91 Å². The number of hydrogen-bond acceptors (Lipinski definition) is 5. The number of carbonyl (C=O) groups excluding carboxylic acids is 3. The molecule has 1 atom stereocenters. The summed E-state index contributed by atoms with van der Waals surface area (Å²) in [6, 6.07) is 3.31. The minimum Gasteiger partial charge on any atom is -0.451 e. The lowest BCUT2D eigenvalue weighted by atomic mass is 9.90. The molecule has 0 aliphatic heterocycles. The number of halogens is 3. The van der Waals surface area contributed by atoms with Crippen molar-refractivity contribution in [3.8, 4) is 0 Å². The maximum Gasteiger partial charge on any atom is 0.348 e. The van der Waals surface area contributed by atoms with Gasteiger partial charge in [-0.1, -0.05) is 6.92 Å². The predicted molar refractivity (Wildman–Crippen MR) is 104 cm³/mol. The van der Waals surface area contributed by atoms with Crippen LogP contribution in [0.25, 0.3) is 0 Å². The van der Waals surface area contributed by atoms with Gasteiger partial charge in [0.15, 0.2) is 24.1 Å². The predicted octanol–water partition coefficient (Wildman–Crippen LogP) is 3.20. The summed E-state index contributed by atoms with van der Waals surface area (Å²) in [7, 11) is 0. The molecule has 2 N–H and O–H groups in total. The summed E-state index contributed by atoms with van der Waals surface area (Å²) in [5.41, 5.74) is 0.576. The van der Waals surface area contributed by atoms with Crippen LogP contribution in [0.5, 0.6) is 0 Å². The number of fused-ring (bicyclic) bond motifs is 1. The Kier molecular flexibility index (Phi) is 6.76. The van der Waals surface area contributed by atoms with E-state index in [4.69, 9.17) is 4.74 Å². The Labute approximate surface area is 174 Å². The molecule has 1 aliphatic carbocycles. The third-order valence-electron chi connectivity index (χ3n) is 4.62. The Balaban J connectivity index is 1.44. The largest absolute Gasteiger partial charge is 0.451 e. The van der Waals surface area contributed by atoms with Crippen LogP contribution in [0.4, 0.5) is 18.9 Å². The molecule has 3 rings (SSSR count). The maximum atomic E-state index is 13.5. The van der Waals surface area contributed by atoms with Gasteiger partial charge in [-0.05, 0) is 48.9 Å². The Morgan fingerprint density at radius 3 is 2.70 bits per heavy atom. The highest BCUT2D eigenvalue weighted by atomic mass is 32.1. The molecule has 1 aromatic carbocycles. The van der Waals surface area contributed by atoms with Crippen LogP contribution < -0.4 is 10.6 Å². The fraction of sp³-hybridized carbons (Fsp3) is 0.350. The summed E-state index contributed by atoms with van der Waals surface area (Å²) >= 11 is 1.36. The SMILES string of the molecule is C[C@@H]1CCc2sc(C(=O)OCC(=O)NCC(=O)Nc3ccc(F)c(F)c3F)cc2C1. The molecule has 2 aromatic rings. The van der Waals surface area contributed by atoms with Gasteiger partial charge in [-0.25, -0.2) is 18.0 Å². The number of anilines is 1. The molecule has 6 nitrogen and oxygen atoms in total. The standard InChI is InChI=1S/C20H19F3N2O4S/c1-10-2-5-14-11(6-10)7-15(30-14)20(28)29-9-17(27)24-8-16(26)25-13-4-3-12(21)18(22)19(13)23/h3-4,7,10H,2,5-6,8-9H2,1H3,(H,24,27)(H,25,26)/t10-/m1/s1. The fourth-order valence-corrected chi connectivity index (χ4v) is 4.16. The number of aryl methyl sites for hydroxylation is 1. The summed E-state index contributed by atoms with van der Waals surface area (Å²) in [6.07, 6.45) is 2.90. The van der Waals surface area contributed by atoms with E-state index in [1.54, 1.807) is 6.07 Å². The normalized spacial score (nSPS) is 15.3. The first kappa shape index (κ1) is 21.8. The molecule has 1 aliphatic rings. The van der Waals surface area contributed by atoms with Crippen molar-refractivity contribution in [3.05, 3.63) is 51.0 Å². The molecule has 0 bridgehead atoms. The van der Waals surface area contributed by atoms with Gasteiger partial charge >= 0.3 is 5.97 Å². The lowest BCUT2D eigenvalue weighted by molar-refractivity contribution is -0.126. The van der Waals surface area contributed by atoms with Crippen LogP contribution >= 0.6 is 11.3 Å². The number of carbonyl (C=O) groups is 3. The third kappa shape index (κ3) is 5.18. The fourth-order valence-electron chi connectivity index (χ4n) is 3.06. The second-order valence-electron chi connectivity index (χ2n) is 7.03. The first-order chi connectivity index (χ1) is 14.2. The Morgan fingerprint density at radius 2 is 1.93 bits per heavy atom. The minimum atomic E-state index is -1.71. The van der Waals surface area contributed by atoms with E-state index in [0.717, 1.165) is 35.8 Å². The van der Waals surface area contributed by atoms with E-state index in [9.17, 15) is 27.6 Å². The number of esters is 1. The molecule has 30 heavy (non-hydrogen) atoms. The summed E-state index contributed by atoms with van der Waals surface area (Å²) < 4.78 is 44.5. The second kappa shape index (κ2) is 9.29. The van der Waals surface area contributed by atoms with E-state index in [1.165, 1.54) is 11.3 Å². The van der Waals surface area contributed by atoms with E-state index in [-0.39, 0.29) is 0 Å². The number of benzene rings is 1. The average molecular weight is 440 g/mol.